The van der Waals surface area contributed by atoms with Gasteiger partial charge >= 0.3 is 0 Å². The van der Waals surface area contributed by atoms with Crippen LogP contribution in [-0.4, -0.2) is 11.6 Å². The fraction of sp³-hybridized carbons (Fsp3) is 0. The molecule has 0 amide bonds. The molecule has 0 radical (unpaired) electrons. The molecule has 0 saturated heterocycles. The van der Waals surface area contributed by atoms with Crippen molar-refractivity contribution in [3.8, 4) is 12.0 Å². The van der Waals surface area contributed by atoms with Crippen LogP contribution in [0.5, 0.6) is 5.75 Å². The lowest BCUT2D eigenvalue weighted by Gasteiger charge is -2.18. The molecule has 4 heteroatoms. The summed E-state index contributed by atoms with van der Waals surface area (Å²) in [7, 11) is 0. The van der Waals surface area contributed by atoms with Gasteiger partial charge in [-0.3, -0.25) is 9.59 Å². The van der Waals surface area contributed by atoms with Gasteiger partial charge in [0.05, 0.1) is 5.56 Å². The van der Waals surface area contributed by atoms with Gasteiger partial charge in [0, 0.05) is 16.7 Å². The summed E-state index contributed by atoms with van der Waals surface area (Å²) in [5.41, 5.74) is 1.16. The fourth-order valence-electron chi connectivity index (χ4n) is 2.25. The fourth-order valence-corrected chi connectivity index (χ4v) is 2.25. The Morgan fingerprint density at radius 3 is 2.16 bits per heavy atom. The molecule has 0 heterocycles. The minimum Gasteiger partial charge on any atom is -0.387 e. The zero-order valence-corrected chi connectivity index (χ0v) is 9.71. The molecule has 0 atom stereocenters. The summed E-state index contributed by atoms with van der Waals surface area (Å²) in [5.74, 6) is -0.405. The molecule has 0 fully saturated rings. The van der Waals surface area contributed by atoms with Crippen LogP contribution in [0.25, 0.3) is 0 Å². The highest BCUT2D eigenvalue weighted by Gasteiger charge is 2.31. The number of ketones is 2. The molecular formula is C15H7NO3. The predicted molar refractivity (Wildman–Crippen MR) is 66.0 cm³/mol. The van der Waals surface area contributed by atoms with E-state index in [1.807, 2.05) is 0 Å². The Kier molecular flexibility index (Phi) is 2.39. The smallest absolute Gasteiger partial charge is 0.292 e. The van der Waals surface area contributed by atoms with Gasteiger partial charge in [0.1, 0.15) is 0 Å². The number of nitriles is 1. The molecule has 0 spiro atoms. The summed E-state index contributed by atoms with van der Waals surface area (Å²) in [6, 6.07) is 11.3. The molecule has 1 aliphatic carbocycles. The van der Waals surface area contributed by atoms with Gasteiger partial charge in [-0.15, -0.1) is 5.26 Å². The number of hydrogen-bond donors (Lipinski definition) is 0. The van der Waals surface area contributed by atoms with E-state index in [-0.39, 0.29) is 28.4 Å². The van der Waals surface area contributed by atoms with E-state index >= 15 is 0 Å². The molecule has 2 aromatic carbocycles. The Labute approximate surface area is 108 Å². The quantitative estimate of drug-likeness (QED) is 0.621. The lowest BCUT2D eigenvalue weighted by molar-refractivity contribution is 0.0977. The second kappa shape index (κ2) is 4.07. The van der Waals surface area contributed by atoms with Crippen LogP contribution in [0.3, 0.4) is 0 Å². The topological polar surface area (TPSA) is 67.2 Å². The number of ether oxygens (including phenoxy) is 1. The number of fused-ring (bicyclic) bond motifs is 2. The van der Waals surface area contributed by atoms with E-state index < -0.39 is 0 Å². The van der Waals surface area contributed by atoms with Crippen LogP contribution in [0.4, 0.5) is 0 Å². The van der Waals surface area contributed by atoms with Crippen molar-refractivity contribution in [3.63, 3.8) is 0 Å². The molecule has 3 rings (SSSR count). The minimum atomic E-state index is -0.295. The average Bonchev–Trinajstić information content (AvgIpc) is 2.45. The first kappa shape index (κ1) is 11.2. The first-order valence-electron chi connectivity index (χ1n) is 5.61. The third-order valence-corrected chi connectivity index (χ3v) is 3.07. The van der Waals surface area contributed by atoms with Crippen LogP contribution in [-0.2, 0) is 0 Å². The van der Waals surface area contributed by atoms with Gasteiger partial charge in [0.2, 0.25) is 0 Å². The molecule has 4 nitrogen and oxygen atoms in total. The van der Waals surface area contributed by atoms with Crippen molar-refractivity contribution in [3.05, 3.63) is 64.7 Å². The highest BCUT2D eigenvalue weighted by molar-refractivity contribution is 6.29. The molecule has 0 aliphatic heterocycles. The van der Waals surface area contributed by atoms with E-state index in [1.54, 1.807) is 36.4 Å². The van der Waals surface area contributed by atoms with Crippen LogP contribution in [0.1, 0.15) is 31.8 Å². The Balaban J connectivity index is 2.30. The average molecular weight is 249 g/mol. The maximum absolute atomic E-state index is 12.4. The van der Waals surface area contributed by atoms with Gasteiger partial charge in [-0.05, 0) is 6.07 Å². The van der Waals surface area contributed by atoms with Gasteiger partial charge in [0.15, 0.2) is 17.3 Å². The molecule has 90 valence electrons. The van der Waals surface area contributed by atoms with Gasteiger partial charge in [-0.25, -0.2) is 0 Å². The van der Waals surface area contributed by atoms with E-state index in [1.165, 1.54) is 12.3 Å². The normalized spacial score (nSPS) is 12.4. The zero-order chi connectivity index (χ0) is 13.4. The first-order valence-corrected chi connectivity index (χ1v) is 5.61. The third-order valence-electron chi connectivity index (χ3n) is 3.07. The molecule has 2 aromatic rings. The molecule has 1 aliphatic rings. The van der Waals surface area contributed by atoms with Crippen molar-refractivity contribution < 1.29 is 14.3 Å². The number of nitrogens with zero attached hydrogens (tertiary/aromatic N) is 1. The zero-order valence-electron chi connectivity index (χ0n) is 9.71. The SMILES string of the molecule is N#COc1cccc2c1C(=O)c1ccccc1C2=O. The Bertz CT molecular complexity index is 756. The lowest BCUT2D eigenvalue weighted by Crippen LogP contribution is -2.21. The molecule has 0 saturated carbocycles. The van der Waals surface area contributed by atoms with Crippen molar-refractivity contribution >= 4 is 11.6 Å². The van der Waals surface area contributed by atoms with Crippen LogP contribution in [0, 0.1) is 11.5 Å². The van der Waals surface area contributed by atoms with Gasteiger partial charge in [0.25, 0.3) is 6.26 Å². The summed E-state index contributed by atoms with van der Waals surface area (Å²) in [5, 5.41) is 8.60. The molecule has 0 unspecified atom stereocenters. The lowest BCUT2D eigenvalue weighted by atomic mass is 9.84. The molecule has 0 bridgehead atoms. The van der Waals surface area contributed by atoms with Crippen LogP contribution in [0.2, 0.25) is 0 Å². The van der Waals surface area contributed by atoms with Crippen molar-refractivity contribution in [2.24, 2.45) is 0 Å². The van der Waals surface area contributed by atoms with Gasteiger partial charge in [-0.1, -0.05) is 36.4 Å². The van der Waals surface area contributed by atoms with Gasteiger partial charge < -0.3 is 4.74 Å². The van der Waals surface area contributed by atoms with Gasteiger partial charge in [-0.2, -0.15) is 0 Å². The van der Waals surface area contributed by atoms with Crippen molar-refractivity contribution in [1.82, 2.24) is 0 Å². The molecule has 0 N–H and O–H groups in total. The van der Waals surface area contributed by atoms with Crippen LogP contribution >= 0.6 is 0 Å². The Hall–Kier alpha value is -2.93. The van der Waals surface area contributed by atoms with Crippen molar-refractivity contribution in [2.45, 2.75) is 0 Å². The van der Waals surface area contributed by atoms with Crippen molar-refractivity contribution in [1.29, 1.82) is 5.26 Å². The highest BCUT2D eigenvalue weighted by Crippen LogP contribution is 2.32. The number of carbonyl (C=O) groups is 2. The van der Waals surface area contributed by atoms with E-state index in [0.717, 1.165) is 0 Å². The third kappa shape index (κ3) is 1.53. The largest absolute Gasteiger partial charge is 0.387 e. The van der Waals surface area contributed by atoms with E-state index in [4.69, 9.17) is 10.00 Å². The second-order valence-electron chi connectivity index (χ2n) is 4.08. The monoisotopic (exact) mass is 249 g/mol. The first-order chi connectivity index (χ1) is 9.24. The molecular weight excluding hydrogens is 242 g/mol. The Morgan fingerprint density at radius 2 is 1.47 bits per heavy atom. The minimum absolute atomic E-state index is 0.118. The summed E-state index contributed by atoms with van der Waals surface area (Å²) in [6.45, 7) is 0. The number of benzene rings is 2. The maximum atomic E-state index is 12.4. The summed E-state index contributed by atoms with van der Waals surface area (Å²) >= 11 is 0. The van der Waals surface area contributed by atoms with E-state index in [9.17, 15) is 9.59 Å². The maximum Gasteiger partial charge on any atom is 0.292 e. The standard InChI is InChI=1S/C15H7NO3/c16-8-19-12-7-3-6-11-13(12)15(18)10-5-2-1-4-9(10)14(11)17/h1-7H. The second-order valence-corrected chi connectivity index (χ2v) is 4.08. The molecule has 19 heavy (non-hydrogen) atoms. The van der Waals surface area contributed by atoms with E-state index in [0.29, 0.717) is 11.1 Å². The molecule has 0 aromatic heterocycles. The van der Waals surface area contributed by atoms with Crippen LogP contribution < -0.4 is 4.74 Å². The number of hydrogen-bond acceptors (Lipinski definition) is 4. The summed E-state index contributed by atoms with van der Waals surface area (Å²) in [4.78, 5) is 24.7. The van der Waals surface area contributed by atoms with Crippen LogP contribution in [0.15, 0.2) is 42.5 Å². The number of carbonyl (C=O) groups excluding carboxylic acids is 2. The number of rotatable bonds is 1. The Morgan fingerprint density at radius 1 is 0.842 bits per heavy atom. The van der Waals surface area contributed by atoms with E-state index in [2.05, 4.69) is 0 Å². The highest BCUT2D eigenvalue weighted by atomic mass is 16.5. The van der Waals surface area contributed by atoms with Crippen molar-refractivity contribution in [2.75, 3.05) is 0 Å². The summed E-state index contributed by atoms with van der Waals surface area (Å²) < 4.78 is 4.77. The summed E-state index contributed by atoms with van der Waals surface area (Å²) in [6.07, 6.45) is 1.53. The predicted octanol–water partition coefficient (Wildman–Crippen LogP) is 2.32.